The van der Waals surface area contributed by atoms with Crippen LogP contribution in [-0.4, -0.2) is 16.1 Å². The van der Waals surface area contributed by atoms with Gasteiger partial charge < -0.3 is 16.6 Å². The predicted molar refractivity (Wildman–Crippen MR) is 52.8 cm³/mol. The summed E-state index contributed by atoms with van der Waals surface area (Å²) in [5.41, 5.74) is 10.6. The lowest BCUT2D eigenvalue weighted by molar-refractivity contribution is -0.136. The molecule has 0 aromatic carbocycles. The number of rotatable bonds is 4. The quantitative estimate of drug-likeness (QED) is 0.707. The van der Waals surface area contributed by atoms with Crippen molar-refractivity contribution in [2.24, 2.45) is 5.73 Å². The number of pyridine rings is 1. The van der Waals surface area contributed by atoms with Crippen molar-refractivity contribution in [3.8, 4) is 0 Å². The molecule has 0 aliphatic rings. The van der Waals surface area contributed by atoms with E-state index in [1.54, 1.807) is 0 Å². The molecule has 0 saturated carbocycles. The lowest BCUT2D eigenvalue weighted by Crippen LogP contribution is -2.13. The van der Waals surface area contributed by atoms with E-state index in [1.165, 1.54) is 0 Å². The smallest absolute Gasteiger partial charge is 0.307 e. The Bertz CT molecular complexity index is 410. The van der Waals surface area contributed by atoms with E-state index >= 15 is 0 Å². The van der Waals surface area contributed by atoms with E-state index < -0.39 is 18.1 Å². The van der Waals surface area contributed by atoms with Crippen molar-refractivity contribution in [3.63, 3.8) is 0 Å². The fraction of sp³-hybridized carbons (Fsp3) is 0.333. The van der Waals surface area contributed by atoms with Gasteiger partial charge in [0.25, 0.3) is 6.43 Å². The highest BCUT2D eigenvalue weighted by Gasteiger charge is 2.17. The Morgan fingerprint density at radius 1 is 1.56 bits per heavy atom. The molecule has 7 heteroatoms. The number of anilines is 1. The number of nitrogens with zero attached hydrogens (tertiary/aromatic N) is 1. The predicted octanol–water partition coefficient (Wildman–Crippen LogP) is 0.687. The van der Waals surface area contributed by atoms with Crippen LogP contribution in [0.4, 0.5) is 14.5 Å². The van der Waals surface area contributed by atoms with Gasteiger partial charge in [-0.3, -0.25) is 9.78 Å². The van der Waals surface area contributed by atoms with Crippen LogP contribution < -0.4 is 11.5 Å². The van der Waals surface area contributed by atoms with E-state index in [0.29, 0.717) is 0 Å². The lowest BCUT2D eigenvalue weighted by Gasteiger charge is -2.10. The molecule has 5 nitrogen and oxygen atoms in total. The van der Waals surface area contributed by atoms with Crippen molar-refractivity contribution < 1.29 is 18.7 Å². The number of nitrogen functional groups attached to an aromatic ring is 1. The van der Waals surface area contributed by atoms with Gasteiger partial charge in [-0.05, 0) is 6.07 Å². The molecule has 0 spiro atoms. The molecule has 88 valence electrons. The molecule has 1 heterocycles. The van der Waals surface area contributed by atoms with Crippen LogP contribution in [0.1, 0.15) is 23.4 Å². The molecule has 0 aliphatic carbocycles. The van der Waals surface area contributed by atoms with E-state index in [0.717, 1.165) is 6.07 Å². The Labute approximate surface area is 90.1 Å². The number of aromatic nitrogens is 1. The minimum Gasteiger partial charge on any atom is -0.481 e. The molecule has 16 heavy (non-hydrogen) atoms. The molecule has 0 saturated heterocycles. The molecule has 0 atom stereocenters. The number of aliphatic carboxylic acids is 1. The van der Waals surface area contributed by atoms with Gasteiger partial charge in [0.2, 0.25) is 0 Å². The lowest BCUT2D eigenvalue weighted by atomic mass is 10.1. The van der Waals surface area contributed by atoms with E-state index in [4.69, 9.17) is 16.6 Å². The molecule has 1 aromatic heterocycles. The summed E-state index contributed by atoms with van der Waals surface area (Å²) in [6, 6.07) is 0.974. The van der Waals surface area contributed by atoms with Crippen molar-refractivity contribution in [3.05, 3.63) is 23.0 Å². The maximum atomic E-state index is 12.4. The highest BCUT2D eigenvalue weighted by molar-refractivity contribution is 5.73. The van der Waals surface area contributed by atoms with Gasteiger partial charge in [0.1, 0.15) is 5.69 Å². The molecule has 0 bridgehead atoms. The van der Waals surface area contributed by atoms with Crippen molar-refractivity contribution in [2.75, 3.05) is 5.73 Å². The third kappa shape index (κ3) is 2.63. The van der Waals surface area contributed by atoms with Gasteiger partial charge in [-0.15, -0.1) is 0 Å². The molecular weight excluding hydrogens is 220 g/mol. The summed E-state index contributed by atoms with van der Waals surface area (Å²) in [6.07, 6.45) is -3.14. The number of carboxylic acids is 1. The third-order valence-corrected chi connectivity index (χ3v) is 2.01. The Morgan fingerprint density at radius 2 is 2.19 bits per heavy atom. The first-order valence-corrected chi connectivity index (χ1v) is 4.43. The summed E-state index contributed by atoms with van der Waals surface area (Å²) in [4.78, 5) is 14.1. The second-order valence-corrected chi connectivity index (χ2v) is 3.14. The summed E-state index contributed by atoms with van der Waals surface area (Å²) in [6.45, 7) is -0.132. The largest absolute Gasteiger partial charge is 0.481 e. The molecule has 0 aliphatic heterocycles. The number of nitrogens with two attached hydrogens (primary N) is 2. The Morgan fingerprint density at radius 3 is 2.62 bits per heavy atom. The minimum atomic E-state index is -2.76. The normalized spacial score (nSPS) is 10.8. The van der Waals surface area contributed by atoms with Crippen molar-refractivity contribution in [2.45, 2.75) is 19.4 Å². The van der Waals surface area contributed by atoms with Gasteiger partial charge in [0, 0.05) is 17.8 Å². The number of halogens is 2. The van der Waals surface area contributed by atoms with Crippen LogP contribution in [0.5, 0.6) is 0 Å². The fourth-order valence-electron chi connectivity index (χ4n) is 1.30. The minimum absolute atomic E-state index is 0.0202. The second-order valence-electron chi connectivity index (χ2n) is 3.14. The first-order valence-electron chi connectivity index (χ1n) is 4.43. The highest BCUT2D eigenvalue weighted by Crippen LogP contribution is 2.24. The van der Waals surface area contributed by atoms with Crippen molar-refractivity contribution in [1.82, 2.24) is 4.98 Å². The van der Waals surface area contributed by atoms with Crippen LogP contribution in [0, 0.1) is 0 Å². The van der Waals surface area contributed by atoms with Gasteiger partial charge in [-0.25, -0.2) is 8.78 Å². The van der Waals surface area contributed by atoms with Crippen LogP contribution in [0.2, 0.25) is 0 Å². The monoisotopic (exact) mass is 231 g/mol. The molecule has 0 amide bonds. The molecule has 1 rings (SSSR count). The van der Waals surface area contributed by atoms with Crippen LogP contribution in [0.3, 0.4) is 0 Å². The van der Waals surface area contributed by atoms with Crippen LogP contribution in [-0.2, 0) is 17.8 Å². The first-order chi connectivity index (χ1) is 7.45. The van der Waals surface area contributed by atoms with Gasteiger partial charge >= 0.3 is 5.97 Å². The third-order valence-electron chi connectivity index (χ3n) is 2.01. The van der Waals surface area contributed by atoms with E-state index in [9.17, 15) is 13.6 Å². The molecule has 0 radical (unpaired) electrons. The number of carbonyl (C=O) groups is 1. The van der Waals surface area contributed by atoms with Crippen LogP contribution >= 0.6 is 0 Å². The van der Waals surface area contributed by atoms with Gasteiger partial charge in [-0.2, -0.15) is 0 Å². The van der Waals surface area contributed by atoms with Crippen molar-refractivity contribution in [1.29, 1.82) is 0 Å². The number of carboxylic acid groups (broad SMARTS) is 1. The maximum Gasteiger partial charge on any atom is 0.307 e. The first kappa shape index (κ1) is 12.3. The number of hydrogen-bond acceptors (Lipinski definition) is 4. The summed E-state index contributed by atoms with van der Waals surface area (Å²) < 4.78 is 24.8. The fourth-order valence-corrected chi connectivity index (χ4v) is 1.30. The molecule has 0 fully saturated rings. The van der Waals surface area contributed by atoms with Gasteiger partial charge in [0.15, 0.2) is 0 Å². The van der Waals surface area contributed by atoms with Gasteiger partial charge in [-0.1, -0.05) is 0 Å². The summed E-state index contributed by atoms with van der Waals surface area (Å²) in [5.74, 6) is -1.12. The summed E-state index contributed by atoms with van der Waals surface area (Å²) >= 11 is 0. The summed E-state index contributed by atoms with van der Waals surface area (Å²) in [5, 5.41) is 8.62. The maximum absolute atomic E-state index is 12.4. The van der Waals surface area contributed by atoms with E-state index in [2.05, 4.69) is 4.98 Å². The Kier molecular flexibility index (Phi) is 3.73. The Balaban J connectivity index is 3.22. The number of alkyl halides is 2. The molecule has 0 unspecified atom stereocenters. The SMILES string of the molecule is NCc1nc(C(F)F)cc(N)c1CC(=O)O. The zero-order chi connectivity index (χ0) is 12.3. The average Bonchev–Trinajstić information content (AvgIpc) is 2.19. The number of hydrogen-bond donors (Lipinski definition) is 3. The molecule has 1 aromatic rings. The van der Waals surface area contributed by atoms with E-state index in [1.807, 2.05) is 0 Å². The molecule has 5 N–H and O–H groups in total. The van der Waals surface area contributed by atoms with E-state index in [-0.39, 0.29) is 29.9 Å². The standard InChI is InChI=1S/C9H11F2N3O2/c10-9(11)6-2-5(13)4(1-8(15)16)7(3-12)14-6/h2,9H,1,3,12H2,(H2,13,14)(H,15,16). The van der Waals surface area contributed by atoms with Crippen LogP contribution in [0.15, 0.2) is 6.07 Å². The zero-order valence-corrected chi connectivity index (χ0v) is 8.28. The van der Waals surface area contributed by atoms with Crippen LogP contribution in [0.25, 0.3) is 0 Å². The van der Waals surface area contributed by atoms with Gasteiger partial charge in [0.05, 0.1) is 12.1 Å². The second kappa shape index (κ2) is 4.84. The topological polar surface area (TPSA) is 102 Å². The Hall–Kier alpha value is -1.76. The zero-order valence-electron chi connectivity index (χ0n) is 8.28. The average molecular weight is 231 g/mol. The highest BCUT2D eigenvalue weighted by atomic mass is 19.3. The van der Waals surface area contributed by atoms with Crippen molar-refractivity contribution >= 4 is 11.7 Å². The molecular formula is C9H11F2N3O2. The summed E-state index contributed by atoms with van der Waals surface area (Å²) in [7, 11) is 0.